The molecule has 0 aliphatic heterocycles. The van der Waals surface area contributed by atoms with Crippen LogP contribution >= 0.6 is 0 Å². The summed E-state index contributed by atoms with van der Waals surface area (Å²) in [6.45, 7) is 4.02. The number of benzene rings is 8. The minimum absolute atomic E-state index is 0.601. The van der Waals surface area contributed by atoms with Crippen molar-refractivity contribution in [3.8, 4) is 67.8 Å². The average Bonchev–Trinajstić information content (AvgIpc) is 3.25. The highest BCUT2D eigenvalue weighted by Crippen LogP contribution is 2.39. The van der Waals surface area contributed by atoms with E-state index in [9.17, 15) is 0 Å². The van der Waals surface area contributed by atoms with Gasteiger partial charge in [-0.05, 0) is 111 Å². The topological polar surface area (TPSA) is 64.5 Å². The molecule has 0 N–H and O–H groups in total. The van der Waals surface area contributed by atoms with Gasteiger partial charge in [0.05, 0.1) is 0 Å². The third kappa shape index (κ3) is 6.25. The summed E-state index contributed by atoms with van der Waals surface area (Å²) < 4.78 is 0. The van der Waals surface area contributed by atoms with Crippen LogP contribution in [-0.2, 0) is 0 Å². The number of nitrogens with zero attached hydrogens (tertiary/aromatic N) is 5. The van der Waals surface area contributed by atoms with Gasteiger partial charge in [0.15, 0.2) is 23.3 Å². The fraction of sp³-hybridized carbons (Fsp3) is 0.0392. The van der Waals surface area contributed by atoms with E-state index in [-0.39, 0.29) is 0 Å². The summed E-state index contributed by atoms with van der Waals surface area (Å²) in [5.74, 6) is 2.56. The monoisotopic (exact) mass is 717 g/mol. The summed E-state index contributed by atoms with van der Waals surface area (Å²) in [6, 6.07) is 61.7. The summed E-state index contributed by atoms with van der Waals surface area (Å²) in [5, 5.41) is 7.12. The van der Waals surface area contributed by atoms with Crippen LogP contribution in [-0.4, -0.2) is 24.9 Å². The number of hydrogen-bond donors (Lipinski definition) is 0. The molecule has 0 spiro atoms. The molecule has 0 aliphatic carbocycles. The Morgan fingerprint density at radius 1 is 0.268 bits per heavy atom. The van der Waals surface area contributed by atoms with Crippen molar-refractivity contribution < 1.29 is 0 Å². The van der Waals surface area contributed by atoms with Crippen molar-refractivity contribution in [1.82, 2.24) is 24.9 Å². The SMILES string of the molecule is Cc1cc(C)nc(-c2cccc(-c3cc(-c4nc(-c5ccccc5)nc(-c5ccc6ccccc6c5)n4)cc(-c4cc5ccccc5c5ccccc45)c3)c2)n1. The quantitative estimate of drug-likeness (QED) is 0.160. The molecule has 0 bridgehead atoms. The molecule has 264 valence electrons. The van der Waals surface area contributed by atoms with Crippen molar-refractivity contribution in [1.29, 1.82) is 0 Å². The molecule has 0 radical (unpaired) electrons. The zero-order valence-corrected chi connectivity index (χ0v) is 31.0. The maximum absolute atomic E-state index is 5.23. The summed E-state index contributed by atoms with van der Waals surface area (Å²) in [6.07, 6.45) is 0. The van der Waals surface area contributed by atoms with Gasteiger partial charge in [-0.25, -0.2) is 24.9 Å². The summed E-state index contributed by atoms with van der Waals surface area (Å²) in [7, 11) is 0. The van der Waals surface area contributed by atoms with Crippen LogP contribution in [0.1, 0.15) is 11.4 Å². The van der Waals surface area contributed by atoms with Gasteiger partial charge in [-0.1, -0.05) is 133 Å². The number of rotatable bonds is 6. The molecule has 0 atom stereocenters. The Morgan fingerprint density at radius 2 is 0.786 bits per heavy atom. The van der Waals surface area contributed by atoms with Gasteiger partial charge in [-0.3, -0.25) is 0 Å². The maximum atomic E-state index is 5.23. The molecular formula is C51H35N5. The lowest BCUT2D eigenvalue weighted by Gasteiger charge is -2.15. The highest BCUT2D eigenvalue weighted by atomic mass is 15.0. The molecule has 5 nitrogen and oxygen atoms in total. The standard InChI is InChI=1S/C51H35N5/c1-32-25-33(2)53-49(52-32)39-19-12-18-37(27-39)41-28-42(47-31-38-17-8-9-20-44(38)45-21-10-11-22-46(45)47)30-43(29-41)51-55-48(35-14-4-3-5-15-35)54-50(56-51)40-24-23-34-13-6-7-16-36(34)26-40/h3-31H,1-2H3. The van der Waals surface area contributed by atoms with Gasteiger partial charge in [0, 0.05) is 33.6 Å². The third-order valence-corrected chi connectivity index (χ3v) is 10.4. The predicted molar refractivity (Wildman–Crippen MR) is 230 cm³/mol. The van der Waals surface area contributed by atoms with Crippen molar-refractivity contribution in [2.24, 2.45) is 0 Å². The van der Waals surface area contributed by atoms with E-state index in [1.165, 1.54) is 26.9 Å². The molecule has 0 saturated carbocycles. The lowest BCUT2D eigenvalue weighted by Crippen LogP contribution is -2.01. The zero-order valence-electron chi connectivity index (χ0n) is 31.0. The first-order valence-corrected chi connectivity index (χ1v) is 18.8. The van der Waals surface area contributed by atoms with Gasteiger partial charge in [0.2, 0.25) is 0 Å². The fourth-order valence-corrected chi connectivity index (χ4v) is 7.74. The second-order valence-corrected chi connectivity index (χ2v) is 14.3. The Hall–Kier alpha value is -7.37. The van der Waals surface area contributed by atoms with Crippen LogP contribution in [0.3, 0.4) is 0 Å². The van der Waals surface area contributed by atoms with Crippen molar-refractivity contribution in [2.45, 2.75) is 13.8 Å². The zero-order chi connectivity index (χ0) is 37.6. The molecule has 0 amide bonds. The van der Waals surface area contributed by atoms with Crippen molar-refractivity contribution in [3.05, 3.63) is 187 Å². The maximum Gasteiger partial charge on any atom is 0.164 e. The van der Waals surface area contributed by atoms with Crippen molar-refractivity contribution in [3.63, 3.8) is 0 Å². The Morgan fingerprint density at radius 3 is 1.57 bits per heavy atom. The third-order valence-electron chi connectivity index (χ3n) is 10.4. The van der Waals surface area contributed by atoms with Crippen LogP contribution in [0.4, 0.5) is 0 Å². The molecule has 2 aromatic heterocycles. The molecule has 5 heteroatoms. The number of hydrogen-bond acceptors (Lipinski definition) is 5. The molecule has 2 heterocycles. The Kier molecular flexibility index (Phi) is 8.19. The molecule has 10 aromatic rings. The van der Waals surface area contributed by atoms with E-state index in [2.05, 4.69) is 140 Å². The largest absolute Gasteiger partial charge is 0.233 e. The molecule has 56 heavy (non-hydrogen) atoms. The lowest BCUT2D eigenvalue weighted by molar-refractivity contribution is 1.06. The highest BCUT2D eigenvalue weighted by Gasteiger charge is 2.17. The normalized spacial score (nSPS) is 11.4. The van der Waals surface area contributed by atoms with E-state index in [0.717, 1.165) is 61.3 Å². The minimum Gasteiger partial charge on any atom is -0.233 e. The van der Waals surface area contributed by atoms with Crippen LogP contribution in [0, 0.1) is 13.8 Å². The van der Waals surface area contributed by atoms with E-state index in [1.807, 2.05) is 50.2 Å². The second kappa shape index (κ2) is 13.8. The van der Waals surface area contributed by atoms with Gasteiger partial charge in [-0.2, -0.15) is 0 Å². The van der Waals surface area contributed by atoms with E-state index in [0.29, 0.717) is 23.3 Å². The average molecular weight is 718 g/mol. The van der Waals surface area contributed by atoms with Gasteiger partial charge >= 0.3 is 0 Å². The predicted octanol–water partition coefficient (Wildman–Crippen LogP) is 12.7. The first kappa shape index (κ1) is 33.2. The van der Waals surface area contributed by atoms with Crippen LogP contribution in [0.2, 0.25) is 0 Å². The summed E-state index contributed by atoms with van der Waals surface area (Å²) in [4.78, 5) is 25.1. The number of fused-ring (bicyclic) bond motifs is 4. The van der Waals surface area contributed by atoms with Crippen LogP contribution in [0.25, 0.3) is 100 Å². The Bertz CT molecular complexity index is 3100. The fourth-order valence-electron chi connectivity index (χ4n) is 7.74. The van der Waals surface area contributed by atoms with Gasteiger partial charge in [-0.15, -0.1) is 0 Å². The summed E-state index contributed by atoms with van der Waals surface area (Å²) in [5.41, 5.74) is 9.89. The Balaban J connectivity index is 1.23. The number of aryl methyl sites for hydroxylation is 2. The minimum atomic E-state index is 0.601. The molecule has 8 aromatic carbocycles. The van der Waals surface area contributed by atoms with Crippen LogP contribution < -0.4 is 0 Å². The second-order valence-electron chi connectivity index (χ2n) is 14.3. The number of aromatic nitrogens is 5. The van der Waals surface area contributed by atoms with E-state index >= 15 is 0 Å². The van der Waals surface area contributed by atoms with Gasteiger partial charge in [0.25, 0.3) is 0 Å². The van der Waals surface area contributed by atoms with Gasteiger partial charge < -0.3 is 0 Å². The smallest absolute Gasteiger partial charge is 0.164 e. The molecular weight excluding hydrogens is 683 g/mol. The van der Waals surface area contributed by atoms with E-state index in [1.54, 1.807) is 0 Å². The van der Waals surface area contributed by atoms with E-state index in [4.69, 9.17) is 24.9 Å². The molecule has 0 aliphatic rings. The first-order valence-electron chi connectivity index (χ1n) is 18.8. The highest BCUT2D eigenvalue weighted by molar-refractivity contribution is 6.14. The van der Waals surface area contributed by atoms with E-state index < -0.39 is 0 Å². The summed E-state index contributed by atoms with van der Waals surface area (Å²) >= 11 is 0. The molecule has 0 saturated heterocycles. The Labute approximate surface area is 325 Å². The van der Waals surface area contributed by atoms with Crippen LogP contribution in [0.5, 0.6) is 0 Å². The lowest BCUT2D eigenvalue weighted by atomic mass is 9.90. The molecule has 10 rings (SSSR count). The van der Waals surface area contributed by atoms with Gasteiger partial charge in [0.1, 0.15) is 0 Å². The molecule has 0 unspecified atom stereocenters. The molecule has 0 fully saturated rings. The van der Waals surface area contributed by atoms with Crippen molar-refractivity contribution >= 4 is 32.3 Å². The van der Waals surface area contributed by atoms with Crippen molar-refractivity contribution in [2.75, 3.05) is 0 Å². The van der Waals surface area contributed by atoms with Crippen LogP contribution in [0.15, 0.2) is 176 Å². The first-order chi connectivity index (χ1) is 27.5.